The fourth-order valence-electron chi connectivity index (χ4n) is 4.39. The number of nitrogens with one attached hydrogen (secondary N) is 1. The summed E-state index contributed by atoms with van der Waals surface area (Å²) < 4.78 is 16.9. The number of fused-ring (bicyclic) bond motifs is 1. The van der Waals surface area contributed by atoms with Crippen LogP contribution in [0.4, 0.5) is 21.6 Å². The van der Waals surface area contributed by atoms with Crippen LogP contribution in [0.5, 0.6) is 0 Å². The number of thiazole rings is 1. The summed E-state index contributed by atoms with van der Waals surface area (Å²) in [5, 5.41) is 3.91. The molecule has 2 saturated heterocycles. The van der Waals surface area contributed by atoms with Crippen molar-refractivity contribution in [3.8, 4) is 0 Å². The zero-order chi connectivity index (χ0) is 23.9. The quantitative estimate of drug-likeness (QED) is 0.517. The van der Waals surface area contributed by atoms with Crippen molar-refractivity contribution in [2.45, 2.75) is 31.3 Å². The van der Waals surface area contributed by atoms with Crippen LogP contribution < -0.4 is 20.9 Å². The first-order valence-corrected chi connectivity index (χ1v) is 12.5. The number of ether oxygens (including phenoxy) is 2. The highest BCUT2D eigenvalue weighted by Crippen LogP contribution is 2.44. The number of rotatable bonds is 6. The van der Waals surface area contributed by atoms with Crippen LogP contribution in [0.3, 0.4) is 0 Å². The van der Waals surface area contributed by atoms with Gasteiger partial charge in [-0.05, 0) is 18.9 Å². The number of anilines is 3. The Bertz CT molecular complexity index is 1270. The molecular weight excluding hydrogens is 474 g/mol. The molecule has 0 spiro atoms. The molecule has 3 fully saturated rings. The van der Waals surface area contributed by atoms with Crippen molar-refractivity contribution in [3.05, 3.63) is 23.7 Å². The number of aromatic nitrogens is 3. The number of nitrogens with two attached hydrogens (primary N) is 1. The first kappa shape index (κ1) is 22.0. The Hall–Kier alpha value is -3.45. The van der Waals surface area contributed by atoms with E-state index in [1.54, 1.807) is 11.3 Å². The van der Waals surface area contributed by atoms with Gasteiger partial charge in [-0.1, -0.05) is 11.3 Å². The third-order valence-corrected chi connectivity index (χ3v) is 7.37. The summed E-state index contributed by atoms with van der Waals surface area (Å²) in [6.45, 7) is 3.98. The van der Waals surface area contributed by atoms with Crippen LogP contribution in [-0.2, 0) is 9.47 Å². The van der Waals surface area contributed by atoms with Gasteiger partial charge in [-0.25, -0.2) is 9.78 Å². The molecular formula is C22H25N7O5S. The van der Waals surface area contributed by atoms with Gasteiger partial charge < -0.3 is 34.7 Å². The normalized spacial score (nSPS) is 20.4. The maximum atomic E-state index is 13.0. The number of pyridine rings is 1. The average molecular weight is 500 g/mol. The molecule has 184 valence electrons. The lowest BCUT2D eigenvalue weighted by Crippen LogP contribution is -2.36. The fraction of sp³-hybridized carbons (Fsp3) is 0.500. The fourth-order valence-corrected chi connectivity index (χ4v) is 5.39. The molecule has 0 radical (unpaired) electrons. The van der Waals surface area contributed by atoms with Crippen LogP contribution in [0.2, 0.25) is 0 Å². The van der Waals surface area contributed by atoms with Crippen molar-refractivity contribution in [1.82, 2.24) is 15.0 Å². The Kier molecular flexibility index (Phi) is 5.65. The highest BCUT2D eigenvalue weighted by atomic mass is 32.1. The number of carbonyl (C=O) groups excluding carboxylic acids is 2. The minimum absolute atomic E-state index is 0.166. The Morgan fingerprint density at radius 1 is 1.11 bits per heavy atom. The lowest BCUT2D eigenvalue weighted by atomic mass is 10.2. The molecule has 0 unspecified atom stereocenters. The number of carbonyl (C=O) groups is 2. The smallest absolute Gasteiger partial charge is 0.404 e. The summed E-state index contributed by atoms with van der Waals surface area (Å²) in [6, 6.07) is 2.27. The number of hydrogen-bond acceptors (Lipinski definition) is 11. The number of morpholine rings is 1. The van der Waals surface area contributed by atoms with E-state index in [-0.39, 0.29) is 17.7 Å². The van der Waals surface area contributed by atoms with Gasteiger partial charge in [0.15, 0.2) is 16.5 Å². The lowest BCUT2D eigenvalue weighted by Gasteiger charge is -2.25. The van der Waals surface area contributed by atoms with Crippen LogP contribution in [0, 0.1) is 0 Å². The molecule has 3 N–H and O–H groups in total. The van der Waals surface area contributed by atoms with Crippen molar-refractivity contribution < 1.29 is 23.5 Å². The molecule has 0 bridgehead atoms. The van der Waals surface area contributed by atoms with Gasteiger partial charge in [0.2, 0.25) is 0 Å². The van der Waals surface area contributed by atoms with Gasteiger partial charge in [-0.2, -0.15) is 9.97 Å². The van der Waals surface area contributed by atoms with E-state index in [9.17, 15) is 9.59 Å². The highest BCUT2D eigenvalue weighted by molar-refractivity contribution is 7.22. The zero-order valence-electron chi connectivity index (χ0n) is 18.9. The molecule has 35 heavy (non-hydrogen) atoms. The summed E-state index contributed by atoms with van der Waals surface area (Å²) in [5.41, 5.74) is 7.52. The number of hydrogen-bond donors (Lipinski definition) is 2. The van der Waals surface area contributed by atoms with E-state index in [0.29, 0.717) is 56.0 Å². The van der Waals surface area contributed by atoms with Crippen LogP contribution >= 0.6 is 11.3 Å². The second-order valence-corrected chi connectivity index (χ2v) is 9.89. The number of primary amides is 1. The molecule has 3 aliphatic rings. The standard InChI is InChI=1S/C22H25N7O5S/c23-20(31)34-13-3-4-29(10-13)21-25-15(11-33-21)19(30)24-14-9-16-18(26-17(14)12-1-2-12)27-22(35-16)28-5-7-32-8-6-28/h9,11-13H,1-8,10H2,(H2,23,31)(H,24,30)/t13-/m0/s1. The summed E-state index contributed by atoms with van der Waals surface area (Å²) in [5.74, 6) is -0.0482. The molecule has 1 atom stereocenters. The predicted octanol–water partition coefficient (Wildman–Crippen LogP) is 2.32. The van der Waals surface area contributed by atoms with E-state index in [1.165, 1.54) is 6.26 Å². The predicted molar refractivity (Wildman–Crippen MR) is 128 cm³/mol. The summed E-state index contributed by atoms with van der Waals surface area (Å²) in [6.07, 6.45) is 2.90. The van der Waals surface area contributed by atoms with Crippen molar-refractivity contribution in [3.63, 3.8) is 0 Å². The largest absolute Gasteiger partial charge is 0.444 e. The number of amides is 2. The van der Waals surface area contributed by atoms with Crippen molar-refractivity contribution >= 4 is 50.5 Å². The van der Waals surface area contributed by atoms with Crippen LogP contribution in [0.25, 0.3) is 10.3 Å². The Morgan fingerprint density at radius 3 is 2.71 bits per heavy atom. The average Bonchev–Trinajstić information content (AvgIpc) is 3.22. The molecule has 12 nitrogen and oxygen atoms in total. The third kappa shape index (κ3) is 4.60. The minimum atomic E-state index is -0.806. The van der Waals surface area contributed by atoms with Crippen LogP contribution in [0.15, 0.2) is 16.7 Å². The Labute approximate surface area is 204 Å². The first-order valence-electron chi connectivity index (χ1n) is 11.7. The Morgan fingerprint density at radius 2 is 1.94 bits per heavy atom. The highest BCUT2D eigenvalue weighted by Gasteiger charge is 2.31. The van der Waals surface area contributed by atoms with Crippen LogP contribution in [0.1, 0.15) is 41.4 Å². The molecule has 2 aliphatic heterocycles. The molecule has 6 rings (SSSR count). The van der Waals surface area contributed by atoms with E-state index < -0.39 is 6.09 Å². The summed E-state index contributed by atoms with van der Waals surface area (Å²) >= 11 is 1.57. The Balaban J connectivity index is 1.20. The van der Waals surface area contributed by atoms with Gasteiger partial charge in [0.25, 0.3) is 11.9 Å². The molecule has 3 aromatic heterocycles. The third-order valence-electron chi connectivity index (χ3n) is 6.32. The van der Waals surface area contributed by atoms with Gasteiger partial charge in [0.1, 0.15) is 12.4 Å². The molecule has 13 heteroatoms. The van der Waals surface area contributed by atoms with Gasteiger partial charge in [-0.15, -0.1) is 0 Å². The zero-order valence-corrected chi connectivity index (χ0v) is 19.8. The van der Waals surface area contributed by atoms with Crippen LogP contribution in [-0.4, -0.2) is 72.4 Å². The summed E-state index contributed by atoms with van der Waals surface area (Å²) in [4.78, 5) is 42.0. The lowest BCUT2D eigenvalue weighted by molar-refractivity contribution is 0.102. The minimum Gasteiger partial charge on any atom is -0.444 e. The van der Waals surface area contributed by atoms with Gasteiger partial charge in [0.05, 0.1) is 35.8 Å². The molecule has 1 aliphatic carbocycles. The van der Waals surface area contributed by atoms with E-state index >= 15 is 0 Å². The molecule has 3 aromatic rings. The second kappa shape index (κ2) is 8.96. The van der Waals surface area contributed by atoms with Crippen molar-refractivity contribution in [1.29, 1.82) is 0 Å². The van der Waals surface area contributed by atoms with Gasteiger partial charge >= 0.3 is 6.09 Å². The maximum absolute atomic E-state index is 13.0. The molecule has 2 amide bonds. The van der Waals surface area contributed by atoms with E-state index in [4.69, 9.17) is 29.6 Å². The molecule has 1 saturated carbocycles. The first-order chi connectivity index (χ1) is 17.0. The monoisotopic (exact) mass is 499 g/mol. The van der Waals surface area contributed by atoms with Gasteiger partial charge in [0, 0.05) is 32.0 Å². The summed E-state index contributed by atoms with van der Waals surface area (Å²) in [7, 11) is 0. The topological polar surface area (TPSA) is 149 Å². The number of oxazole rings is 1. The maximum Gasteiger partial charge on any atom is 0.404 e. The number of nitrogens with zero attached hydrogens (tertiary/aromatic N) is 5. The molecule has 0 aromatic carbocycles. The van der Waals surface area contributed by atoms with E-state index in [2.05, 4.69) is 15.2 Å². The van der Waals surface area contributed by atoms with E-state index in [1.807, 2.05) is 11.0 Å². The van der Waals surface area contributed by atoms with Gasteiger partial charge in [-0.3, -0.25) is 4.79 Å². The second-order valence-electron chi connectivity index (χ2n) is 8.88. The van der Waals surface area contributed by atoms with Crippen molar-refractivity contribution in [2.75, 3.05) is 54.5 Å². The SMILES string of the molecule is NC(=O)O[C@H]1CCN(c2nc(C(=O)Nc3cc4sc(N5CCOCC5)nc4nc3C3CC3)co2)C1. The molecule has 5 heterocycles. The van der Waals surface area contributed by atoms with E-state index in [0.717, 1.165) is 41.5 Å². The van der Waals surface area contributed by atoms with Crippen molar-refractivity contribution in [2.24, 2.45) is 5.73 Å².